The standard InChI is InChI=1S/C20H16N4O3/c1-27-16-9-7-14(8-10-16)18(25)12-23-13-21-19-17(20(23)26)11-22-24(19)15-5-3-2-4-6-15/h2-11,13H,12H2,1H3. The minimum absolute atomic E-state index is 0.0926. The molecule has 0 atom stereocenters. The van der Waals surface area contributed by atoms with Crippen molar-refractivity contribution in [3.63, 3.8) is 0 Å². The number of hydrogen-bond donors (Lipinski definition) is 0. The molecule has 0 N–H and O–H groups in total. The van der Waals surface area contributed by atoms with Gasteiger partial charge in [-0.25, -0.2) is 9.67 Å². The predicted molar refractivity (Wildman–Crippen MR) is 100 cm³/mol. The second-order valence-electron chi connectivity index (χ2n) is 5.96. The van der Waals surface area contributed by atoms with Crippen LogP contribution in [0.5, 0.6) is 5.75 Å². The summed E-state index contributed by atoms with van der Waals surface area (Å²) >= 11 is 0. The van der Waals surface area contributed by atoms with E-state index < -0.39 is 0 Å². The number of aromatic nitrogens is 4. The molecule has 0 radical (unpaired) electrons. The van der Waals surface area contributed by atoms with E-state index in [2.05, 4.69) is 10.1 Å². The summed E-state index contributed by atoms with van der Waals surface area (Å²) in [5, 5.41) is 4.63. The molecule has 0 aliphatic heterocycles. The zero-order chi connectivity index (χ0) is 18.8. The Labute approximate surface area is 154 Å². The summed E-state index contributed by atoms with van der Waals surface area (Å²) in [5.41, 5.74) is 1.47. The highest BCUT2D eigenvalue weighted by molar-refractivity contribution is 5.96. The van der Waals surface area contributed by atoms with Crippen molar-refractivity contribution >= 4 is 16.8 Å². The molecule has 134 valence electrons. The van der Waals surface area contributed by atoms with Gasteiger partial charge in [0, 0.05) is 5.56 Å². The number of nitrogens with zero attached hydrogens (tertiary/aromatic N) is 4. The van der Waals surface area contributed by atoms with Gasteiger partial charge in [-0.1, -0.05) is 18.2 Å². The van der Waals surface area contributed by atoms with Gasteiger partial charge in [0.15, 0.2) is 11.4 Å². The van der Waals surface area contributed by atoms with Crippen LogP contribution in [0.15, 0.2) is 71.9 Å². The number of carbonyl (C=O) groups is 1. The number of carbonyl (C=O) groups excluding carboxylic acids is 1. The zero-order valence-corrected chi connectivity index (χ0v) is 14.6. The van der Waals surface area contributed by atoms with E-state index in [1.54, 1.807) is 36.1 Å². The highest BCUT2D eigenvalue weighted by Gasteiger charge is 2.14. The summed E-state index contributed by atoms with van der Waals surface area (Å²) in [6.07, 6.45) is 2.86. The number of Topliss-reactive ketones (excluding diaryl/α,β-unsaturated/α-hetero) is 1. The van der Waals surface area contributed by atoms with E-state index >= 15 is 0 Å². The lowest BCUT2D eigenvalue weighted by Gasteiger charge is -2.06. The van der Waals surface area contributed by atoms with Crippen LogP contribution in [0.4, 0.5) is 0 Å². The summed E-state index contributed by atoms with van der Waals surface area (Å²) in [6, 6.07) is 16.2. The molecule has 0 spiro atoms. The highest BCUT2D eigenvalue weighted by atomic mass is 16.5. The van der Waals surface area contributed by atoms with Gasteiger partial charge in [0.05, 0.1) is 25.5 Å². The molecule has 0 amide bonds. The molecule has 4 aromatic rings. The SMILES string of the molecule is COc1ccc(C(=O)Cn2cnc3c(cnn3-c3ccccc3)c2=O)cc1. The maximum atomic E-state index is 12.7. The summed E-state index contributed by atoms with van der Waals surface area (Å²) < 4.78 is 7.99. The Hall–Kier alpha value is -3.74. The largest absolute Gasteiger partial charge is 0.497 e. The van der Waals surface area contributed by atoms with E-state index in [1.807, 2.05) is 30.3 Å². The van der Waals surface area contributed by atoms with E-state index in [4.69, 9.17) is 4.74 Å². The van der Waals surface area contributed by atoms with Gasteiger partial charge in [0.1, 0.15) is 17.5 Å². The molecule has 0 unspecified atom stereocenters. The van der Waals surface area contributed by atoms with Crippen LogP contribution < -0.4 is 10.3 Å². The fourth-order valence-electron chi connectivity index (χ4n) is 2.84. The lowest BCUT2D eigenvalue weighted by Crippen LogP contribution is -2.24. The molecule has 0 fully saturated rings. The van der Waals surface area contributed by atoms with Gasteiger partial charge in [-0.05, 0) is 36.4 Å². The highest BCUT2D eigenvalue weighted by Crippen LogP contribution is 2.14. The quantitative estimate of drug-likeness (QED) is 0.511. The maximum absolute atomic E-state index is 12.7. The minimum Gasteiger partial charge on any atom is -0.497 e. The van der Waals surface area contributed by atoms with E-state index in [0.717, 1.165) is 5.69 Å². The van der Waals surface area contributed by atoms with Gasteiger partial charge >= 0.3 is 0 Å². The van der Waals surface area contributed by atoms with Crippen molar-refractivity contribution in [2.75, 3.05) is 7.11 Å². The number of methoxy groups -OCH3 is 1. The van der Waals surface area contributed by atoms with Gasteiger partial charge in [-0.3, -0.25) is 14.2 Å². The van der Waals surface area contributed by atoms with Crippen LogP contribution >= 0.6 is 0 Å². The number of rotatable bonds is 5. The third-order valence-electron chi connectivity index (χ3n) is 4.28. The lowest BCUT2D eigenvalue weighted by molar-refractivity contribution is 0.0970. The molecule has 2 heterocycles. The van der Waals surface area contributed by atoms with Crippen LogP contribution in [0.2, 0.25) is 0 Å². The van der Waals surface area contributed by atoms with Crippen molar-refractivity contribution in [1.29, 1.82) is 0 Å². The van der Waals surface area contributed by atoms with Crippen molar-refractivity contribution in [1.82, 2.24) is 19.3 Å². The number of ether oxygens (including phenoxy) is 1. The Bertz CT molecular complexity index is 1160. The van der Waals surface area contributed by atoms with Crippen LogP contribution in [0.1, 0.15) is 10.4 Å². The van der Waals surface area contributed by atoms with E-state index in [-0.39, 0.29) is 17.9 Å². The fourth-order valence-corrected chi connectivity index (χ4v) is 2.84. The molecule has 2 aromatic carbocycles. The summed E-state index contributed by atoms with van der Waals surface area (Å²) in [6.45, 7) is -0.0926. The zero-order valence-electron chi connectivity index (χ0n) is 14.6. The topological polar surface area (TPSA) is 79.0 Å². The second kappa shape index (κ2) is 6.87. The molecule has 0 saturated heterocycles. The second-order valence-corrected chi connectivity index (χ2v) is 5.96. The summed E-state index contributed by atoms with van der Waals surface area (Å²) in [4.78, 5) is 29.6. The van der Waals surface area contributed by atoms with Crippen LogP contribution in [-0.4, -0.2) is 32.2 Å². The molecule has 2 aromatic heterocycles. The third-order valence-corrected chi connectivity index (χ3v) is 4.28. The molecule has 7 nitrogen and oxygen atoms in total. The van der Waals surface area contributed by atoms with Gasteiger partial charge in [-0.15, -0.1) is 0 Å². The van der Waals surface area contributed by atoms with Crippen LogP contribution in [0.25, 0.3) is 16.7 Å². The molecule has 27 heavy (non-hydrogen) atoms. The fraction of sp³-hybridized carbons (Fsp3) is 0.100. The van der Waals surface area contributed by atoms with Crippen LogP contribution in [0, 0.1) is 0 Å². The Balaban J connectivity index is 1.66. The Kier molecular flexibility index (Phi) is 4.25. The monoisotopic (exact) mass is 360 g/mol. The van der Waals surface area contributed by atoms with Crippen molar-refractivity contribution < 1.29 is 9.53 Å². The van der Waals surface area contributed by atoms with E-state index in [9.17, 15) is 9.59 Å². The number of para-hydroxylation sites is 1. The molecule has 4 rings (SSSR count). The molecule has 0 saturated carbocycles. The number of benzene rings is 2. The molecule has 0 aliphatic rings. The van der Waals surface area contributed by atoms with Gasteiger partial charge in [-0.2, -0.15) is 5.10 Å². The summed E-state index contributed by atoms with van der Waals surface area (Å²) in [5.74, 6) is 0.483. The minimum atomic E-state index is -0.302. The normalized spacial score (nSPS) is 10.9. The van der Waals surface area contributed by atoms with Crippen molar-refractivity contribution in [3.8, 4) is 11.4 Å². The van der Waals surface area contributed by atoms with E-state index in [0.29, 0.717) is 22.3 Å². The Morgan fingerprint density at radius 1 is 1.07 bits per heavy atom. The van der Waals surface area contributed by atoms with Crippen molar-refractivity contribution in [3.05, 3.63) is 83.0 Å². The number of hydrogen-bond acceptors (Lipinski definition) is 5. The smallest absolute Gasteiger partial charge is 0.264 e. The lowest BCUT2D eigenvalue weighted by atomic mass is 10.1. The van der Waals surface area contributed by atoms with Crippen LogP contribution in [-0.2, 0) is 6.54 Å². The maximum Gasteiger partial charge on any atom is 0.264 e. The molecule has 0 bridgehead atoms. The molecular formula is C20H16N4O3. The first-order chi connectivity index (χ1) is 13.2. The van der Waals surface area contributed by atoms with Gasteiger partial charge in [0.25, 0.3) is 5.56 Å². The third kappa shape index (κ3) is 3.10. The Morgan fingerprint density at radius 2 is 1.81 bits per heavy atom. The summed E-state index contributed by atoms with van der Waals surface area (Å²) in [7, 11) is 1.56. The molecular weight excluding hydrogens is 344 g/mol. The Morgan fingerprint density at radius 3 is 2.52 bits per heavy atom. The predicted octanol–water partition coefficient (Wildman–Crippen LogP) is 2.47. The van der Waals surface area contributed by atoms with Crippen molar-refractivity contribution in [2.45, 2.75) is 6.54 Å². The first-order valence-corrected chi connectivity index (χ1v) is 8.33. The first-order valence-electron chi connectivity index (χ1n) is 8.33. The number of ketones is 1. The van der Waals surface area contributed by atoms with Crippen LogP contribution in [0.3, 0.4) is 0 Å². The average Bonchev–Trinajstić information content (AvgIpc) is 3.15. The average molecular weight is 360 g/mol. The number of fused-ring (bicyclic) bond motifs is 1. The van der Waals surface area contributed by atoms with Gasteiger partial charge in [0.2, 0.25) is 0 Å². The molecule has 7 heteroatoms. The van der Waals surface area contributed by atoms with E-state index in [1.165, 1.54) is 17.1 Å². The first kappa shape index (κ1) is 16.7. The van der Waals surface area contributed by atoms with Gasteiger partial charge < -0.3 is 4.74 Å². The van der Waals surface area contributed by atoms with Crippen molar-refractivity contribution in [2.24, 2.45) is 0 Å². The molecule has 0 aliphatic carbocycles.